The van der Waals surface area contributed by atoms with Crippen LogP contribution in [-0.2, 0) is 6.42 Å². The smallest absolute Gasteiger partial charge is 0.126 e. The van der Waals surface area contributed by atoms with Gasteiger partial charge in [-0.25, -0.2) is 18.7 Å². The average molecular weight is 362 g/mol. The number of pyridine rings is 1. The van der Waals surface area contributed by atoms with E-state index in [1.54, 1.807) is 18.6 Å². The van der Waals surface area contributed by atoms with Crippen LogP contribution >= 0.6 is 0 Å². The molecule has 0 aliphatic heterocycles. The molecule has 0 aliphatic carbocycles. The Morgan fingerprint density at radius 1 is 0.889 bits per heavy atom. The minimum Gasteiger partial charge on any atom is -0.322 e. The number of fused-ring (bicyclic) bond motifs is 1. The van der Waals surface area contributed by atoms with E-state index >= 15 is 0 Å². The van der Waals surface area contributed by atoms with E-state index in [2.05, 4.69) is 15.0 Å². The summed E-state index contributed by atoms with van der Waals surface area (Å²) in [6.45, 7) is 0. The molecule has 4 nitrogen and oxygen atoms in total. The molecule has 1 unspecified atom stereocenters. The Kier molecular flexibility index (Phi) is 4.56. The third-order valence-electron chi connectivity index (χ3n) is 4.42. The van der Waals surface area contributed by atoms with E-state index in [-0.39, 0.29) is 6.42 Å². The van der Waals surface area contributed by atoms with Crippen molar-refractivity contribution in [2.24, 2.45) is 5.73 Å². The van der Waals surface area contributed by atoms with Gasteiger partial charge in [-0.15, -0.1) is 0 Å². The molecule has 1 atom stereocenters. The lowest BCUT2D eigenvalue weighted by molar-refractivity contribution is 0.575. The zero-order valence-electron chi connectivity index (χ0n) is 14.3. The van der Waals surface area contributed by atoms with Crippen LogP contribution in [0, 0.1) is 11.6 Å². The topological polar surface area (TPSA) is 64.7 Å². The van der Waals surface area contributed by atoms with Gasteiger partial charge < -0.3 is 5.73 Å². The standard InChI is InChI=1S/C21H16F2N4/c22-17-5-13(6-18(23)9-17)7-20(24)21-19(11-26-12-27-21)15-1-2-16-10-25-4-3-14(16)8-15/h1-6,8-12,20H,7,24H2. The molecule has 0 radical (unpaired) electrons. The van der Waals surface area contributed by atoms with Crippen molar-refractivity contribution in [2.75, 3.05) is 0 Å². The molecule has 134 valence electrons. The van der Waals surface area contributed by atoms with E-state index in [0.29, 0.717) is 11.3 Å². The van der Waals surface area contributed by atoms with E-state index in [0.717, 1.165) is 28.0 Å². The first-order valence-electron chi connectivity index (χ1n) is 8.45. The van der Waals surface area contributed by atoms with Crippen LogP contribution in [0.4, 0.5) is 8.78 Å². The van der Waals surface area contributed by atoms with Crippen molar-refractivity contribution >= 4 is 10.8 Å². The minimum absolute atomic E-state index is 0.260. The molecule has 0 spiro atoms. The quantitative estimate of drug-likeness (QED) is 0.591. The molecule has 2 heterocycles. The summed E-state index contributed by atoms with van der Waals surface area (Å²) in [6, 6.07) is 10.8. The number of rotatable bonds is 4. The Labute approximate surface area is 154 Å². The van der Waals surface area contributed by atoms with E-state index in [1.807, 2.05) is 24.3 Å². The lowest BCUT2D eigenvalue weighted by Gasteiger charge is -2.16. The average Bonchev–Trinajstić information content (AvgIpc) is 2.67. The summed E-state index contributed by atoms with van der Waals surface area (Å²) in [5.74, 6) is -1.24. The van der Waals surface area contributed by atoms with Crippen LogP contribution in [0.1, 0.15) is 17.3 Å². The summed E-state index contributed by atoms with van der Waals surface area (Å²) in [6.07, 6.45) is 6.92. The summed E-state index contributed by atoms with van der Waals surface area (Å²) in [5, 5.41) is 2.07. The summed E-state index contributed by atoms with van der Waals surface area (Å²) in [5.41, 5.74) is 9.16. The lowest BCUT2D eigenvalue weighted by atomic mass is 9.96. The van der Waals surface area contributed by atoms with E-state index in [1.165, 1.54) is 18.5 Å². The number of aromatic nitrogens is 3. The molecule has 0 bridgehead atoms. The largest absolute Gasteiger partial charge is 0.322 e. The third-order valence-corrected chi connectivity index (χ3v) is 4.42. The molecule has 0 fully saturated rings. The predicted molar refractivity (Wildman–Crippen MR) is 99.8 cm³/mol. The maximum atomic E-state index is 13.5. The number of nitrogens with zero attached hydrogens (tertiary/aromatic N) is 3. The molecular formula is C21H16F2N4. The number of hydrogen-bond donors (Lipinski definition) is 1. The van der Waals surface area contributed by atoms with Gasteiger partial charge in [0, 0.05) is 35.6 Å². The lowest BCUT2D eigenvalue weighted by Crippen LogP contribution is -2.16. The van der Waals surface area contributed by atoms with E-state index in [4.69, 9.17) is 5.73 Å². The number of benzene rings is 2. The number of hydrogen-bond acceptors (Lipinski definition) is 4. The maximum absolute atomic E-state index is 13.5. The molecule has 2 aromatic heterocycles. The summed E-state index contributed by atoms with van der Waals surface area (Å²) in [7, 11) is 0. The highest BCUT2D eigenvalue weighted by Gasteiger charge is 2.16. The van der Waals surface area contributed by atoms with Gasteiger partial charge in [0.2, 0.25) is 0 Å². The molecule has 2 aromatic carbocycles. The predicted octanol–water partition coefficient (Wildman–Crippen LogP) is 4.21. The van der Waals surface area contributed by atoms with Crippen molar-refractivity contribution in [2.45, 2.75) is 12.5 Å². The van der Waals surface area contributed by atoms with Crippen LogP contribution in [0.3, 0.4) is 0 Å². The van der Waals surface area contributed by atoms with Gasteiger partial charge in [0.15, 0.2) is 0 Å². The van der Waals surface area contributed by atoms with Gasteiger partial charge in [-0.1, -0.05) is 12.1 Å². The molecule has 2 N–H and O–H groups in total. The van der Waals surface area contributed by atoms with Gasteiger partial charge in [0.05, 0.1) is 11.7 Å². The molecule has 0 saturated heterocycles. The summed E-state index contributed by atoms with van der Waals surface area (Å²) < 4.78 is 26.9. The maximum Gasteiger partial charge on any atom is 0.126 e. The fourth-order valence-corrected chi connectivity index (χ4v) is 3.19. The minimum atomic E-state index is -0.622. The van der Waals surface area contributed by atoms with Gasteiger partial charge in [-0.2, -0.15) is 0 Å². The second-order valence-corrected chi connectivity index (χ2v) is 6.35. The Bertz CT molecular complexity index is 1090. The SMILES string of the molecule is NC(Cc1cc(F)cc(F)c1)c1ncncc1-c1ccc2cnccc2c1. The highest BCUT2D eigenvalue weighted by Crippen LogP contribution is 2.29. The van der Waals surface area contributed by atoms with Crippen molar-refractivity contribution in [3.05, 3.63) is 90.3 Å². The van der Waals surface area contributed by atoms with Gasteiger partial charge >= 0.3 is 0 Å². The first kappa shape index (κ1) is 17.2. The first-order valence-corrected chi connectivity index (χ1v) is 8.45. The van der Waals surface area contributed by atoms with Crippen LogP contribution in [0.25, 0.3) is 21.9 Å². The highest BCUT2D eigenvalue weighted by molar-refractivity contribution is 5.86. The first-order chi connectivity index (χ1) is 13.1. The zero-order valence-corrected chi connectivity index (χ0v) is 14.3. The Balaban J connectivity index is 1.71. The number of nitrogens with two attached hydrogens (primary N) is 1. The van der Waals surface area contributed by atoms with Gasteiger partial charge in [0.25, 0.3) is 0 Å². The van der Waals surface area contributed by atoms with Crippen molar-refractivity contribution in [3.8, 4) is 11.1 Å². The second-order valence-electron chi connectivity index (χ2n) is 6.35. The molecule has 0 amide bonds. The van der Waals surface area contributed by atoms with Crippen LogP contribution in [0.15, 0.2) is 67.4 Å². The molecule has 4 aromatic rings. The van der Waals surface area contributed by atoms with E-state index < -0.39 is 17.7 Å². The normalized spacial score (nSPS) is 12.3. The van der Waals surface area contributed by atoms with Crippen molar-refractivity contribution < 1.29 is 8.78 Å². The van der Waals surface area contributed by atoms with Gasteiger partial charge in [-0.05, 0) is 47.2 Å². The van der Waals surface area contributed by atoms with Crippen LogP contribution < -0.4 is 5.73 Å². The fraction of sp³-hybridized carbons (Fsp3) is 0.0952. The Morgan fingerprint density at radius 2 is 1.70 bits per heavy atom. The zero-order chi connectivity index (χ0) is 18.8. The van der Waals surface area contributed by atoms with E-state index in [9.17, 15) is 8.78 Å². The van der Waals surface area contributed by atoms with Crippen LogP contribution in [0.5, 0.6) is 0 Å². The fourth-order valence-electron chi connectivity index (χ4n) is 3.19. The Morgan fingerprint density at radius 3 is 2.52 bits per heavy atom. The van der Waals surface area contributed by atoms with Crippen LogP contribution in [0.2, 0.25) is 0 Å². The summed E-state index contributed by atoms with van der Waals surface area (Å²) >= 11 is 0. The van der Waals surface area contributed by atoms with Crippen molar-refractivity contribution in [1.29, 1.82) is 0 Å². The van der Waals surface area contributed by atoms with Crippen molar-refractivity contribution in [3.63, 3.8) is 0 Å². The summed E-state index contributed by atoms with van der Waals surface area (Å²) in [4.78, 5) is 12.6. The van der Waals surface area contributed by atoms with Crippen LogP contribution in [-0.4, -0.2) is 15.0 Å². The second kappa shape index (κ2) is 7.17. The molecule has 6 heteroatoms. The van der Waals surface area contributed by atoms with Gasteiger partial charge in [0.1, 0.15) is 18.0 Å². The highest BCUT2D eigenvalue weighted by atomic mass is 19.1. The molecule has 27 heavy (non-hydrogen) atoms. The van der Waals surface area contributed by atoms with Gasteiger partial charge in [-0.3, -0.25) is 4.98 Å². The molecular weight excluding hydrogens is 346 g/mol. The number of halogens is 2. The molecule has 0 saturated carbocycles. The molecule has 0 aliphatic rings. The van der Waals surface area contributed by atoms with Crippen molar-refractivity contribution in [1.82, 2.24) is 15.0 Å². The monoisotopic (exact) mass is 362 g/mol. The molecule has 4 rings (SSSR count). The Hall–Kier alpha value is -3.25. The third kappa shape index (κ3) is 3.66.